The van der Waals surface area contributed by atoms with Crippen molar-refractivity contribution in [1.29, 1.82) is 0 Å². The van der Waals surface area contributed by atoms with Crippen molar-refractivity contribution >= 4 is 11.3 Å². The van der Waals surface area contributed by atoms with Gasteiger partial charge in [0.05, 0.1) is 24.4 Å². The first-order valence-electron chi connectivity index (χ1n) is 11.2. The summed E-state index contributed by atoms with van der Waals surface area (Å²) in [5, 5.41) is 4.84. The minimum absolute atomic E-state index is 0.0913. The van der Waals surface area contributed by atoms with E-state index in [1.54, 1.807) is 15.4 Å². The Bertz CT molecular complexity index is 1110. The zero-order chi connectivity index (χ0) is 21.5. The van der Waals surface area contributed by atoms with E-state index >= 15 is 0 Å². The zero-order valence-corrected chi connectivity index (χ0v) is 18.4. The second-order valence-corrected chi connectivity index (χ2v) is 8.91. The minimum Gasteiger partial charge on any atom is -0.372 e. The molecule has 0 spiro atoms. The van der Waals surface area contributed by atoms with Gasteiger partial charge in [0, 0.05) is 24.7 Å². The van der Waals surface area contributed by atoms with Crippen molar-refractivity contribution in [2.45, 2.75) is 51.5 Å². The van der Waals surface area contributed by atoms with Crippen molar-refractivity contribution < 1.29 is 4.74 Å². The molecule has 5 rings (SSSR count). The molecule has 0 amide bonds. The number of nitrogens with zero attached hydrogens (tertiary/aromatic N) is 6. The maximum absolute atomic E-state index is 13.2. The average Bonchev–Trinajstić information content (AvgIpc) is 3.30. The van der Waals surface area contributed by atoms with Gasteiger partial charge in [-0.25, -0.2) is 18.9 Å². The van der Waals surface area contributed by atoms with Gasteiger partial charge in [0.1, 0.15) is 12.0 Å². The van der Waals surface area contributed by atoms with Crippen LogP contribution in [-0.4, -0.2) is 69.0 Å². The van der Waals surface area contributed by atoms with E-state index < -0.39 is 0 Å². The van der Waals surface area contributed by atoms with Crippen molar-refractivity contribution in [3.8, 4) is 11.3 Å². The molecule has 0 aliphatic carbocycles. The number of fused-ring (bicyclic) bond motifs is 1. The molecule has 3 atom stereocenters. The zero-order valence-electron chi connectivity index (χ0n) is 18.4. The molecule has 2 saturated heterocycles. The third kappa shape index (κ3) is 3.74. The van der Waals surface area contributed by atoms with Crippen LogP contribution >= 0.6 is 0 Å². The SMILES string of the molecule is C[C@@H]1CN(c2c(-c3ccccc3)ncn3c(=O)n(C[C@@H]4CCCN4C)nc23)C[C@H](C)O1. The van der Waals surface area contributed by atoms with Crippen LogP contribution in [0, 0.1) is 0 Å². The number of benzene rings is 1. The molecule has 0 saturated carbocycles. The fourth-order valence-electron chi connectivity index (χ4n) is 4.96. The highest BCUT2D eigenvalue weighted by atomic mass is 16.5. The Morgan fingerprint density at radius 3 is 2.55 bits per heavy atom. The third-order valence-electron chi connectivity index (χ3n) is 6.45. The number of likely N-dealkylation sites (tertiary alicyclic amines) is 1. The van der Waals surface area contributed by atoms with E-state index in [9.17, 15) is 4.79 Å². The molecule has 0 N–H and O–H groups in total. The second-order valence-electron chi connectivity index (χ2n) is 8.91. The van der Waals surface area contributed by atoms with Gasteiger partial charge < -0.3 is 14.5 Å². The van der Waals surface area contributed by atoms with E-state index in [0.717, 1.165) is 49.4 Å². The van der Waals surface area contributed by atoms with E-state index in [1.165, 1.54) is 0 Å². The summed E-state index contributed by atoms with van der Waals surface area (Å²) in [6.07, 6.45) is 4.06. The molecule has 3 aromatic rings. The van der Waals surface area contributed by atoms with Crippen LogP contribution in [0.4, 0.5) is 5.69 Å². The standard InChI is InChI=1S/C23H30N6O2/c1-16-12-27(13-17(2)31-16)21-20(18-8-5-4-6-9-18)24-15-28-22(21)25-29(23(28)30)14-19-10-7-11-26(19)3/h4-6,8-9,15-17,19H,7,10-14H2,1-3H3/t16-,17+,19-/m0/s1. The first-order chi connectivity index (χ1) is 15.0. The van der Waals surface area contributed by atoms with Gasteiger partial charge in [-0.3, -0.25) is 0 Å². The lowest BCUT2D eigenvalue weighted by Gasteiger charge is -2.37. The lowest BCUT2D eigenvalue weighted by molar-refractivity contribution is -0.00514. The maximum atomic E-state index is 13.2. The van der Waals surface area contributed by atoms with Gasteiger partial charge in [0.15, 0.2) is 5.65 Å². The van der Waals surface area contributed by atoms with Crippen LogP contribution in [0.2, 0.25) is 0 Å². The van der Waals surface area contributed by atoms with Gasteiger partial charge in [-0.15, -0.1) is 5.10 Å². The van der Waals surface area contributed by atoms with Crippen molar-refractivity contribution in [3.05, 3.63) is 47.1 Å². The Morgan fingerprint density at radius 2 is 1.87 bits per heavy atom. The second kappa shape index (κ2) is 8.09. The Hall–Kier alpha value is -2.71. The van der Waals surface area contributed by atoms with E-state index in [2.05, 4.69) is 42.8 Å². The summed E-state index contributed by atoms with van der Waals surface area (Å²) in [6, 6.07) is 10.5. The highest BCUT2D eigenvalue weighted by molar-refractivity contribution is 5.85. The van der Waals surface area contributed by atoms with Crippen LogP contribution in [0.25, 0.3) is 16.9 Å². The minimum atomic E-state index is -0.127. The molecule has 8 heteroatoms. The Kier molecular flexibility index (Phi) is 5.27. The number of hydrogen-bond donors (Lipinski definition) is 0. The molecule has 0 radical (unpaired) electrons. The molecule has 8 nitrogen and oxygen atoms in total. The number of anilines is 1. The topological polar surface area (TPSA) is 67.9 Å². The van der Waals surface area contributed by atoms with E-state index in [-0.39, 0.29) is 17.9 Å². The predicted molar refractivity (Wildman–Crippen MR) is 121 cm³/mol. The lowest BCUT2D eigenvalue weighted by Crippen LogP contribution is -2.46. The molecular weight excluding hydrogens is 392 g/mol. The largest absolute Gasteiger partial charge is 0.372 e. The summed E-state index contributed by atoms with van der Waals surface area (Å²) in [7, 11) is 2.12. The summed E-state index contributed by atoms with van der Waals surface area (Å²) in [5.74, 6) is 0. The highest BCUT2D eigenvalue weighted by Gasteiger charge is 2.29. The van der Waals surface area contributed by atoms with Gasteiger partial charge in [-0.2, -0.15) is 0 Å². The van der Waals surface area contributed by atoms with Crippen molar-refractivity contribution in [2.75, 3.05) is 31.6 Å². The number of morpholine rings is 1. The number of ether oxygens (including phenoxy) is 1. The summed E-state index contributed by atoms with van der Waals surface area (Å²) in [4.78, 5) is 22.5. The monoisotopic (exact) mass is 422 g/mol. The van der Waals surface area contributed by atoms with Crippen LogP contribution in [0.5, 0.6) is 0 Å². The van der Waals surface area contributed by atoms with E-state index in [1.807, 2.05) is 18.2 Å². The molecule has 2 aliphatic rings. The Morgan fingerprint density at radius 1 is 1.13 bits per heavy atom. The number of rotatable bonds is 4. The maximum Gasteiger partial charge on any atom is 0.351 e. The van der Waals surface area contributed by atoms with Crippen LogP contribution < -0.4 is 10.6 Å². The van der Waals surface area contributed by atoms with Gasteiger partial charge >= 0.3 is 5.69 Å². The smallest absolute Gasteiger partial charge is 0.351 e. The molecule has 2 aromatic heterocycles. The average molecular weight is 423 g/mol. The number of aromatic nitrogens is 4. The first-order valence-corrected chi connectivity index (χ1v) is 11.2. The van der Waals surface area contributed by atoms with Crippen LogP contribution in [0.15, 0.2) is 41.5 Å². The van der Waals surface area contributed by atoms with Gasteiger partial charge in [0.2, 0.25) is 0 Å². The van der Waals surface area contributed by atoms with E-state index in [4.69, 9.17) is 14.8 Å². The van der Waals surface area contributed by atoms with E-state index in [0.29, 0.717) is 18.2 Å². The summed E-state index contributed by atoms with van der Waals surface area (Å²) < 4.78 is 9.18. The summed E-state index contributed by atoms with van der Waals surface area (Å²) in [5.41, 5.74) is 3.32. The van der Waals surface area contributed by atoms with Crippen molar-refractivity contribution in [3.63, 3.8) is 0 Å². The fraction of sp³-hybridized carbons (Fsp3) is 0.522. The normalized spacial score (nSPS) is 24.9. The first kappa shape index (κ1) is 20.2. The van der Waals surface area contributed by atoms with Gasteiger partial charge in [-0.1, -0.05) is 30.3 Å². The molecule has 1 aromatic carbocycles. The summed E-state index contributed by atoms with van der Waals surface area (Å²) >= 11 is 0. The molecule has 164 valence electrons. The Labute approximate surface area is 182 Å². The third-order valence-corrected chi connectivity index (χ3v) is 6.45. The van der Waals surface area contributed by atoms with Crippen molar-refractivity contribution in [1.82, 2.24) is 24.1 Å². The highest BCUT2D eigenvalue weighted by Crippen LogP contribution is 2.33. The predicted octanol–water partition coefficient (Wildman–Crippen LogP) is 2.27. The van der Waals surface area contributed by atoms with Crippen LogP contribution in [0.3, 0.4) is 0 Å². The number of likely N-dealkylation sites (N-methyl/N-ethyl adjacent to an activating group) is 1. The molecule has 0 unspecified atom stereocenters. The Balaban J connectivity index is 1.66. The molecule has 4 heterocycles. The molecule has 31 heavy (non-hydrogen) atoms. The van der Waals surface area contributed by atoms with Crippen LogP contribution in [-0.2, 0) is 11.3 Å². The molecule has 0 bridgehead atoms. The van der Waals surface area contributed by atoms with Gasteiger partial charge in [-0.05, 0) is 40.3 Å². The fourth-order valence-corrected chi connectivity index (χ4v) is 4.96. The molecular formula is C23H30N6O2. The molecule has 2 aliphatic heterocycles. The number of hydrogen-bond acceptors (Lipinski definition) is 6. The quantitative estimate of drug-likeness (QED) is 0.643. The summed E-state index contributed by atoms with van der Waals surface area (Å²) in [6.45, 7) is 7.31. The van der Waals surface area contributed by atoms with Gasteiger partial charge in [0.25, 0.3) is 0 Å². The lowest BCUT2D eigenvalue weighted by atomic mass is 10.1. The van der Waals surface area contributed by atoms with Crippen LogP contribution in [0.1, 0.15) is 26.7 Å². The van der Waals surface area contributed by atoms with Crippen molar-refractivity contribution in [2.24, 2.45) is 0 Å². The molecule has 2 fully saturated rings.